The summed E-state index contributed by atoms with van der Waals surface area (Å²) in [6.45, 7) is 2.86. The van der Waals surface area contributed by atoms with Gasteiger partial charge in [0.15, 0.2) is 0 Å². The number of hydrogen-bond acceptors (Lipinski definition) is 4. The summed E-state index contributed by atoms with van der Waals surface area (Å²) in [5.74, 6) is 1.68. The second-order valence-electron chi connectivity index (χ2n) is 4.56. The molecule has 2 heterocycles. The van der Waals surface area contributed by atoms with E-state index in [2.05, 4.69) is 34.3 Å². The van der Waals surface area contributed by atoms with Crippen molar-refractivity contribution in [2.45, 2.75) is 19.4 Å². The van der Waals surface area contributed by atoms with Gasteiger partial charge >= 0.3 is 0 Å². The SMILES string of the molecule is C[C@@H](Nc1cncc(Cl)n1)c1ccc2c(c1)CCO2. The van der Waals surface area contributed by atoms with Crippen molar-refractivity contribution in [1.29, 1.82) is 0 Å². The summed E-state index contributed by atoms with van der Waals surface area (Å²) in [6, 6.07) is 6.41. The van der Waals surface area contributed by atoms with Crippen LogP contribution < -0.4 is 10.1 Å². The maximum Gasteiger partial charge on any atom is 0.149 e. The molecule has 0 fully saturated rings. The minimum atomic E-state index is 0.138. The monoisotopic (exact) mass is 275 g/mol. The molecule has 3 rings (SSSR count). The highest BCUT2D eigenvalue weighted by molar-refractivity contribution is 6.29. The van der Waals surface area contributed by atoms with Crippen molar-refractivity contribution < 1.29 is 4.74 Å². The van der Waals surface area contributed by atoms with Crippen molar-refractivity contribution in [2.24, 2.45) is 0 Å². The Morgan fingerprint density at radius 1 is 1.37 bits per heavy atom. The lowest BCUT2D eigenvalue weighted by molar-refractivity contribution is 0.357. The highest BCUT2D eigenvalue weighted by atomic mass is 35.5. The van der Waals surface area contributed by atoms with Crippen LogP contribution in [0.15, 0.2) is 30.6 Å². The minimum absolute atomic E-state index is 0.138. The van der Waals surface area contributed by atoms with Crippen molar-refractivity contribution in [1.82, 2.24) is 9.97 Å². The fourth-order valence-electron chi connectivity index (χ4n) is 2.19. The second-order valence-corrected chi connectivity index (χ2v) is 4.95. The molecule has 1 aliphatic rings. The Labute approximate surface area is 116 Å². The van der Waals surface area contributed by atoms with Crippen LogP contribution in [0.5, 0.6) is 5.75 Å². The standard InChI is InChI=1S/C14H14ClN3O/c1-9(17-14-8-16-7-13(15)18-14)10-2-3-12-11(6-10)4-5-19-12/h2-3,6-9H,4-5H2,1H3,(H,17,18)/t9-/m1/s1. The van der Waals surface area contributed by atoms with Crippen molar-refractivity contribution in [3.8, 4) is 5.75 Å². The van der Waals surface area contributed by atoms with Crippen LogP contribution in [0.4, 0.5) is 5.82 Å². The molecular weight excluding hydrogens is 262 g/mol. The Bertz CT molecular complexity index is 603. The number of nitrogens with one attached hydrogen (secondary N) is 1. The topological polar surface area (TPSA) is 47.0 Å². The van der Waals surface area contributed by atoms with Gasteiger partial charge in [0, 0.05) is 6.42 Å². The summed E-state index contributed by atoms with van der Waals surface area (Å²) in [7, 11) is 0. The van der Waals surface area contributed by atoms with E-state index in [0.29, 0.717) is 11.0 Å². The van der Waals surface area contributed by atoms with Crippen LogP contribution in [0.3, 0.4) is 0 Å². The summed E-state index contributed by atoms with van der Waals surface area (Å²) in [6.07, 6.45) is 4.16. The van der Waals surface area contributed by atoms with E-state index in [0.717, 1.165) is 18.8 Å². The van der Waals surface area contributed by atoms with Crippen LogP contribution in [-0.4, -0.2) is 16.6 Å². The Kier molecular flexibility index (Phi) is 3.25. The Hall–Kier alpha value is -1.81. The zero-order valence-electron chi connectivity index (χ0n) is 10.6. The molecule has 1 aromatic carbocycles. The number of benzene rings is 1. The largest absolute Gasteiger partial charge is 0.493 e. The zero-order valence-corrected chi connectivity index (χ0v) is 11.3. The van der Waals surface area contributed by atoms with E-state index in [-0.39, 0.29) is 6.04 Å². The third kappa shape index (κ3) is 2.63. The number of ether oxygens (including phenoxy) is 1. The number of anilines is 1. The van der Waals surface area contributed by atoms with Crippen LogP contribution in [0, 0.1) is 0 Å². The molecule has 4 nitrogen and oxygen atoms in total. The Balaban J connectivity index is 1.78. The minimum Gasteiger partial charge on any atom is -0.493 e. The number of nitrogens with zero attached hydrogens (tertiary/aromatic N) is 2. The molecule has 0 saturated carbocycles. The molecule has 0 amide bonds. The summed E-state index contributed by atoms with van der Waals surface area (Å²) < 4.78 is 5.51. The van der Waals surface area contributed by atoms with E-state index >= 15 is 0 Å². The van der Waals surface area contributed by atoms with Gasteiger partial charge in [0.25, 0.3) is 0 Å². The Morgan fingerprint density at radius 2 is 2.26 bits per heavy atom. The third-order valence-electron chi connectivity index (χ3n) is 3.18. The lowest BCUT2D eigenvalue weighted by Crippen LogP contribution is -2.08. The van der Waals surface area contributed by atoms with Crippen molar-refractivity contribution >= 4 is 17.4 Å². The molecule has 5 heteroatoms. The smallest absolute Gasteiger partial charge is 0.149 e. The van der Waals surface area contributed by atoms with Gasteiger partial charge in [0.2, 0.25) is 0 Å². The first kappa shape index (κ1) is 12.2. The van der Waals surface area contributed by atoms with E-state index in [1.54, 1.807) is 6.20 Å². The molecule has 1 aromatic heterocycles. The van der Waals surface area contributed by atoms with E-state index < -0.39 is 0 Å². The fourth-order valence-corrected chi connectivity index (χ4v) is 2.34. The Morgan fingerprint density at radius 3 is 3.11 bits per heavy atom. The predicted octanol–water partition coefficient (Wildman–Crippen LogP) is 3.24. The maximum absolute atomic E-state index is 5.82. The van der Waals surface area contributed by atoms with E-state index in [1.807, 2.05) is 6.07 Å². The average Bonchev–Trinajstić information content (AvgIpc) is 2.85. The molecule has 0 unspecified atom stereocenters. The van der Waals surface area contributed by atoms with Gasteiger partial charge in [-0.2, -0.15) is 0 Å². The molecule has 0 radical (unpaired) electrons. The lowest BCUT2D eigenvalue weighted by Gasteiger charge is -2.15. The van der Waals surface area contributed by atoms with Gasteiger partial charge in [-0.3, -0.25) is 4.98 Å². The van der Waals surface area contributed by atoms with Crippen molar-refractivity contribution in [2.75, 3.05) is 11.9 Å². The number of rotatable bonds is 3. The third-order valence-corrected chi connectivity index (χ3v) is 3.37. The van der Waals surface area contributed by atoms with Gasteiger partial charge in [-0.05, 0) is 30.2 Å². The molecular formula is C14H14ClN3O. The number of halogens is 1. The molecule has 98 valence electrons. The molecule has 0 bridgehead atoms. The second kappa shape index (κ2) is 5.05. The van der Waals surface area contributed by atoms with Crippen LogP contribution >= 0.6 is 11.6 Å². The van der Waals surface area contributed by atoms with Gasteiger partial charge < -0.3 is 10.1 Å². The van der Waals surface area contributed by atoms with Crippen molar-refractivity contribution in [3.05, 3.63) is 46.9 Å². The van der Waals surface area contributed by atoms with E-state index in [4.69, 9.17) is 16.3 Å². The first-order valence-electron chi connectivity index (χ1n) is 6.22. The maximum atomic E-state index is 5.82. The molecule has 1 aliphatic heterocycles. The van der Waals surface area contributed by atoms with Crippen molar-refractivity contribution in [3.63, 3.8) is 0 Å². The zero-order chi connectivity index (χ0) is 13.2. The van der Waals surface area contributed by atoms with Crippen LogP contribution in [0.2, 0.25) is 5.15 Å². The molecule has 1 atom stereocenters. The number of aromatic nitrogens is 2. The van der Waals surface area contributed by atoms with Gasteiger partial charge in [0.1, 0.15) is 16.7 Å². The number of fused-ring (bicyclic) bond motifs is 1. The highest BCUT2D eigenvalue weighted by Crippen LogP contribution is 2.29. The average molecular weight is 276 g/mol. The number of hydrogen-bond donors (Lipinski definition) is 1. The summed E-state index contributed by atoms with van der Waals surface area (Å²) in [5.41, 5.74) is 2.47. The summed E-state index contributed by atoms with van der Waals surface area (Å²) in [5, 5.41) is 3.68. The first-order valence-corrected chi connectivity index (χ1v) is 6.60. The lowest BCUT2D eigenvalue weighted by atomic mass is 10.0. The van der Waals surface area contributed by atoms with Gasteiger partial charge in [-0.15, -0.1) is 0 Å². The molecule has 0 spiro atoms. The summed E-state index contributed by atoms with van der Waals surface area (Å²) >= 11 is 5.82. The molecule has 1 N–H and O–H groups in total. The molecule has 0 saturated heterocycles. The van der Waals surface area contributed by atoms with Gasteiger partial charge in [-0.25, -0.2) is 4.98 Å². The summed E-state index contributed by atoms with van der Waals surface area (Å²) in [4.78, 5) is 8.19. The van der Waals surface area contributed by atoms with Gasteiger partial charge in [-0.1, -0.05) is 17.7 Å². The normalized spacial score (nSPS) is 14.6. The quantitative estimate of drug-likeness (QED) is 0.934. The fraction of sp³-hybridized carbons (Fsp3) is 0.286. The first-order chi connectivity index (χ1) is 9.22. The van der Waals surface area contributed by atoms with E-state index in [9.17, 15) is 0 Å². The van der Waals surface area contributed by atoms with Crippen LogP contribution in [0.1, 0.15) is 24.1 Å². The molecule has 19 heavy (non-hydrogen) atoms. The van der Waals surface area contributed by atoms with Crippen LogP contribution in [0.25, 0.3) is 0 Å². The predicted molar refractivity (Wildman–Crippen MR) is 74.7 cm³/mol. The van der Waals surface area contributed by atoms with E-state index in [1.165, 1.54) is 17.3 Å². The van der Waals surface area contributed by atoms with Crippen LogP contribution in [-0.2, 0) is 6.42 Å². The van der Waals surface area contributed by atoms with Gasteiger partial charge in [0.05, 0.1) is 25.0 Å². The highest BCUT2D eigenvalue weighted by Gasteiger charge is 2.14. The molecule has 0 aliphatic carbocycles. The molecule has 2 aromatic rings.